The van der Waals surface area contributed by atoms with Crippen LogP contribution in [0.3, 0.4) is 0 Å². The van der Waals surface area contributed by atoms with Crippen molar-refractivity contribution in [3.8, 4) is 0 Å². The molecule has 3 rings (SSSR count). The summed E-state index contributed by atoms with van der Waals surface area (Å²) in [5.74, 6) is 0. The summed E-state index contributed by atoms with van der Waals surface area (Å²) in [6.07, 6.45) is 24.0. The van der Waals surface area contributed by atoms with Crippen LogP contribution in [0.2, 0.25) is 0 Å². The molecular formula is C14H14Zr. The van der Waals surface area contributed by atoms with Gasteiger partial charge in [0.2, 0.25) is 0 Å². The van der Waals surface area contributed by atoms with Gasteiger partial charge in [-0.05, 0) is 0 Å². The third kappa shape index (κ3) is 3.76. The summed E-state index contributed by atoms with van der Waals surface area (Å²) in [5.41, 5.74) is 0. The van der Waals surface area contributed by atoms with Gasteiger partial charge in [-0.15, -0.1) is 0 Å². The quantitative estimate of drug-likeness (QED) is 0.716. The molecule has 0 saturated heterocycles. The summed E-state index contributed by atoms with van der Waals surface area (Å²) in [4.78, 5) is 0. The molecule has 3 aliphatic carbocycles. The van der Waals surface area contributed by atoms with Gasteiger partial charge in [-0.3, -0.25) is 0 Å². The molecule has 0 heterocycles. The Labute approximate surface area is 103 Å². The fourth-order valence-corrected chi connectivity index (χ4v) is 4.37. The fourth-order valence-electron chi connectivity index (χ4n) is 1.40. The van der Waals surface area contributed by atoms with Gasteiger partial charge < -0.3 is 0 Å². The molecule has 0 N–H and O–H groups in total. The van der Waals surface area contributed by atoms with Crippen LogP contribution >= 0.6 is 0 Å². The van der Waals surface area contributed by atoms with Gasteiger partial charge in [-0.25, -0.2) is 0 Å². The summed E-state index contributed by atoms with van der Waals surface area (Å²) < 4.78 is 3.45. The minimum absolute atomic E-state index is 0.312. The molecular weight excluding hydrogens is 259 g/mol. The number of rotatable bonds is 2. The first-order valence-electron chi connectivity index (χ1n) is 5.27. The normalized spacial score (nSPS) is 19.2. The number of hydrogen-bond donors (Lipinski definition) is 0. The van der Waals surface area contributed by atoms with Gasteiger partial charge in [0.05, 0.1) is 0 Å². The van der Waals surface area contributed by atoms with Crippen LogP contribution in [0.25, 0.3) is 0 Å². The van der Waals surface area contributed by atoms with Crippen LogP contribution in [0.4, 0.5) is 0 Å². The Morgan fingerprint density at radius 2 is 1.13 bits per heavy atom. The van der Waals surface area contributed by atoms with Crippen LogP contribution in [0, 0.1) is 0 Å². The van der Waals surface area contributed by atoms with E-state index < -0.39 is 0 Å². The molecule has 0 amide bonds. The molecule has 0 saturated carbocycles. The van der Waals surface area contributed by atoms with E-state index >= 15 is 0 Å². The first kappa shape index (κ1) is 10.8. The third-order valence-electron chi connectivity index (χ3n) is 2.31. The van der Waals surface area contributed by atoms with Gasteiger partial charge in [-0.1, -0.05) is 24.3 Å². The zero-order chi connectivity index (χ0) is 10.3. The standard InChI is InChI=1S/2C5H5.C4H4.Zr/c2*1-2-4-5-3-1;1-2-4-3-1;/h2*1-3H,4H2;1-4H;. The van der Waals surface area contributed by atoms with Crippen LogP contribution in [0.5, 0.6) is 0 Å². The van der Waals surface area contributed by atoms with E-state index in [0.29, 0.717) is 0 Å². The topological polar surface area (TPSA) is 0 Å². The van der Waals surface area contributed by atoms with E-state index in [2.05, 4.69) is 36.5 Å². The van der Waals surface area contributed by atoms with Crippen LogP contribution in [-0.2, 0) is 23.2 Å². The van der Waals surface area contributed by atoms with E-state index in [1.807, 2.05) is 24.3 Å². The second-order valence-corrected chi connectivity index (χ2v) is 7.31. The van der Waals surface area contributed by atoms with Crippen molar-refractivity contribution in [2.75, 3.05) is 0 Å². The van der Waals surface area contributed by atoms with Crippen LogP contribution < -0.4 is 0 Å². The van der Waals surface area contributed by atoms with Gasteiger partial charge >= 0.3 is 79.1 Å². The molecule has 0 aromatic heterocycles. The zero-order valence-corrected chi connectivity index (χ0v) is 11.1. The molecule has 74 valence electrons. The summed E-state index contributed by atoms with van der Waals surface area (Å²) >= 11 is -0.312. The molecule has 0 aliphatic heterocycles. The van der Waals surface area contributed by atoms with Gasteiger partial charge in [0.1, 0.15) is 0 Å². The average molecular weight is 273 g/mol. The minimum atomic E-state index is -0.312. The van der Waals surface area contributed by atoms with Crippen molar-refractivity contribution in [1.82, 2.24) is 0 Å². The van der Waals surface area contributed by atoms with Crippen LogP contribution in [0.1, 0.15) is 12.8 Å². The summed E-state index contributed by atoms with van der Waals surface area (Å²) in [6, 6.07) is 0. The molecule has 0 aromatic carbocycles. The Kier molecular flexibility index (Phi) is 4.35. The molecule has 0 unspecified atom stereocenters. The van der Waals surface area contributed by atoms with E-state index in [1.54, 1.807) is 6.56 Å². The molecule has 0 aromatic rings. The van der Waals surface area contributed by atoms with Gasteiger partial charge in [-0.2, -0.15) is 0 Å². The van der Waals surface area contributed by atoms with Crippen molar-refractivity contribution in [2.45, 2.75) is 12.8 Å². The molecule has 0 radical (unpaired) electrons. The van der Waals surface area contributed by atoms with E-state index in [1.165, 1.54) is 12.8 Å². The van der Waals surface area contributed by atoms with Gasteiger partial charge in [0.25, 0.3) is 0 Å². The van der Waals surface area contributed by atoms with Crippen LogP contribution in [0.15, 0.2) is 67.3 Å². The average Bonchev–Trinajstić information content (AvgIpc) is 2.74. The van der Waals surface area contributed by atoms with Crippen molar-refractivity contribution in [1.29, 1.82) is 0 Å². The zero-order valence-electron chi connectivity index (χ0n) is 8.69. The molecule has 0 spiro atoms. The summed E-state index contributed by atoms with van der Waals surface area (Å²) in [6.45, 7) is 0. The van der Waals surface area contributed by atoms with Crippen molar-refractivity contribution in [2.24, 2.45) is 0 Å². The molecule has 15 heavy (non-hydrogen) atoms. The molecule has 0 atom stereocenters. The Morgan fingerprint density at radius 1 is 0.667 bits per heavy atom. The Balaban J connectivity index is 0.000000179. The molecule has 0 nitrogen and oxygen atoms in total. The van der Waals surface area contributed by atoms with E-state index in [-0.39, 0.29) is 23.2 Å². The van der Waals surface area contributed by atoms with Crippen LogP contribution in [-0.4, -0.2) is 0 Å². The maximum absolute atomic E-state index is 2.31. The van der Waals surface area contributed by atoms with Crippen molar-refractivity contribution >= 4 is 0 Å². The SMILES string of the molecule is C1=CC=C1.C1=CC[C]([Zr][C]2=CC=CC2)=C1. The number of hydrogen-bond acceptors (Lipinski definition) is 0. The van der Waals surface area contributed by atoms with Crippen molar-refractivity contribution in [3.05, 3.63) is 67.3 Å². The van der Waals surface area contributed by atoms with E-state index in [4.69, 9.17) is 0 Å². The molecule has 0 bridgehead atoms. The van der Waals surface area contributed by atoms with Crippen molar-refractivity contribution in [3.63, 3.8) is 0 Å². The summed E-state index contributed by atoms with van der Waals surface area (Å²) in [5, 5.41) is 0. The maximum atomic E-state index is 2.31. The van der Waals surface area contributed by atoms with Crippen molar-refractivity contribution < 1.29 is 23.2 Å². The first-order valence-corrected chi connectivity index (χ1v) is 7.73. The van der Waals surface area contributed by atoms with Gasteiger partial charge in [0.15, 0.2) is 0 Å². The monoisotopic (exact) mass is 272 g/mol. The Hall–Kier alpha value is -0.677. The second-order valence-electron chi connectivity index (χ2n) is 3.54. The predicted molar refractivity (Wildman–Crippen MR) is 62.0 cm³/mol. The van der Waals surface area contributed by atoms with Gasteiger partial charge in [0, 0.05) is 0 Å². The van der Waals surface area contributed by atoms with E-state index in [9.17, 15) is 0 Å². The molecule has 3 aliphatic rings. The van der Waals surface area contributed by atoms with E-state index in [0.717, 1.165) is 0 Å². The Morgan fingerprint density at radius 3 is 1.40 bits per heavy atom. The molecule has 0 fully saturated rings. The summed E-state index contributed by atoms with van der Waals surface area (Å²) in [7, 11) is 0. The molecule has 1 heteroatoms. The predicted octanol–water partition coefficient (Wildman–Crippen LogP) is 3.87. The second kappa shape index (κ2) is 6.03. The third-order valence-corrected chi connectivity index (χ3v) is 5.71. The fraction of sp³-hybridized carbons (Fsp3) is 0.143. The Bertz CT molecular complexity index is 344. The first-order chi connectivity index (χ1) is 7.45. The number of allylic oxidation sites excluding steroid dienone is 12.